The molecule has 0 radical (unpaired) electrons. The zero-order valence-electron chi connectivity index (χ0n) is 18.1. The topological polar surface area (TPSA) is 84.5 Å². The summed E-state index contributed by atoms with van der Waals surface area (Å²) in [5.74, 6) is 0. The molecule has 30 heavy (non-hydrogen) atoms. The summed E-state index contributed by atoms with van der Waals surface area (Å²) in [6.07, 6.45) is 1.78. The highest BCUT2D eigenvalue weighted by Gasteiger charge is 2.01. The molecule has 172 valence electrons. The number of carbonyl (C=O) groups excluding carboxylic acids is 1. The molecule has 1 aromatic carbocycles. The van der Waals surface area contributed by atoms with Crippen molar-refractivity contribution in [1.82, 2.24) is 5.32 Å². The summed E-state index contributed by atoms with van der Waals surface area (Å²) in [5, 5.41) is 2.64. The molecule has 1 amide bonds. The summed E-state index contributed by atoms with van der Waals surface area (Å²) < 4.78 is 32.1. The van der Waals surface area contributed by atoms with E-state index in [1.165, 1.54) is 0 Å². The zero-order valence-corrected chi connectivity index (χ0v) is 18.1. The third-order valence-electron chi connectivity index (χ3n) is 3.86. The van der Waals surface area contributed by atoms with E-state index < -0.39 is 6.09 Å². The van der Waals surface area contributed by atoms with E-state index in [-0.39, 0.29) is 6.61 Å². The van der Waals surface area contributed by atoms with Gasteiger partial charge in [0, 0.05) is 13.2 Å². The van der Waals surface area contributed by atoms with Gasteiger partial charge in [0.15, 0.2) is 0 Å². The highest BCUT2D eigenvalue weighted by atomic mass is 16.6. The van der Waals surface area contributed by atoms with Gasteiger partial charge in [-0.2, -0.15) is 0 Å². The highest BCUT2D eigenvalue weighted by molar-refractivity contribution is 5.67. The second-order valence-electron chi connectivity index (χ2n) is 6.40. The van der Waals surface area contributed by atoms with E-state index in [4.69, 9.17) is 28.4 Å². The molecule has 8 heteroatoms. The monoisotopic (exact) mass is 427 g/mol. The molecule has 0 aliphatic rings. The lowest BCUT2D eigenvalue weighted by Gasteiger charge is -2.09. The number of ether oxygens (including phenoxy) is 6. The van der Waals surface area contributed by atoms with Crippen molar-refractivity contribution in [2.45, 2.75) is 26.4 Å². The van der Waals surface area contributed by atoms with E-state index in [1.54, 1.807) is 0 Å². The molecular weight excluding hydrogens is 390 g/mol. The predicted molar refractivity (Wildman–Crippen MR) is 114 cm³/mol. The Morgan fingerprint density at radius 1 is 0.733 bits per heavy atom. The molecule has 0 aliphatic heterocycles. The number of carbonyl (C=O) groups is 1. The normalized spacial score (nSPS) is 10.8. The lowest BCUT2D eigenvalue weighted by molar-refractivity contribution is -0.0109. The molecule has 0 fully saturated rings. The van der Waals surface area contributed by atoms with Gasteiger partial charge >= 0.3 is 6.09 Å². The first-order chi connectivity index (χ1) is 14.8. The quantitative estimate of drug-likeness (QED) is 0.320. The van der Waals surface area contributed by atoms with Gasteiger partial charge in [-0.15, -0.1) is 0 Å². The fourth-order valence-corrected chi connectivity index (χ4v) is 2.23. The number of alkyl carbamates (subject to hydrolysis) is 1. The highest BCUT2D eigenvalue weighted by Crippen LogP contribution is 2.00. The fourth-order valence-electron chi connectivity index (χ4n) is 2.23. The summed E-state index contributed by atoms with van der Waals surface area (Å²) in [6.45, 7) is 8.28. The largest absolute Gasteiger partial charge is 0.445 e. The van der Waals surface area contributed by atoms with Gasteiger partial charge in [-0.25, -0.2) is 4.79 Å². The van der Waals surface area contributed by atoms with Crippen molar-refractivity contribution in [3.8, 4) is 0 Å². The number of hydrogen-bond acceptors (Lipinski definition) is 7. The van der Waals surface area contributed by atoms with Crippen LogP contribution in [0.25, 0.3) is 0 Å². The molecule has 0 saturated heterocycles. The van der Waals surface area contributed by atoms with Crippen molar-refractivity contribution >= 4 is 6.09 Å². The van der Waals surface area contributed by atoms with E-state index in [2.05, 4.69) is 12.2 Å². The van der Waals surface area contributed by atoms with Crippen LogP contribution >= 0.6 is 0 Å². The first-order valence-corrected chi connectivity index (χ1v) is 10.7. The maximum Gasteiger partial charge on any atom is 0.407 e. The van der Waals surface area contributed by atoms with Gasteiger partial charge in [-0.1, -0.05) is 43.7 Å². The van der Waals surface area contributed by atoms with E-state index in [0.29, 0.717) is 66.0 Å². The van der Waals surface area contributed by atoms with Gasteiger partial charge in [0.2, 0.25) is 0 Å². The first kappa shape index (κ1) is 26.3. The number of nitrogens with one attached hydrogen (secondary N) is 1. The molecule has 1 rings (SSSR count). The Bertz CT molecular complexity index is 502. The number of rotatable bonds is 20. The summed E-state index contributed by atoms with van der Waals surface area (Å²) >= 11 is 0. The Balaban J connectivity index is 1.73. The zero-order chi connectivity index (χ0) is 21.5. The minimum absolute atomic E-state index is 0.253. The first-order valence-electron chi connectivity index (χ1n) is 10.7. The fraction of sp³-hybridized carbons (Fsp3) is 0.682. The molecule has 1 aromatic rings. The molecule has 0 aliphatic carbocycles. The minimum Gasteiger partial charge on any atom is -0.445 e. The number of unbranched alkanes of at least 4 members (excludes halogenated alkanes) is 1. The molecule has 8 nitrogen and oxygen atoms in total. The standard InChI is InChI=1S/C22H37NO7/c1-2-3-10-25-12-14-27-16-18-29-19-17-28-15-13-26-11-9-23-22(24)30-20-21-7-5-4-6-8-21/h4-8H,2-3,9-20H2,1H3,(H,23,24). The molecular formula is C22H37NO7. The van der Waals surface area contributed by atoms with Crippen LogP contribution in [-0.4, -0.2) is 78.7 Å². The average Bonchev–Trinajstić information content (AvgIpc) is 2.77. The van der Waals surface area contributed by atoms with Crippen molar-refractivity contribution in [3.05, 3.63) is 35.9 Å². The van der Waals surface area contributed by atoms with Crippen LogP contribution in [-0.2, 0) is 35.0 Å². The Morgan fingerprint density at radius 2 is 1.23 bits per heavy atom. The van der Waals surface area contributed by atoms with Crippen LogP contribution in [0.15, 0.2) is 30.3 Å². The van der Waals surface area contributed by atoms with Crippen LogP contribution in [0.4, 0.5) is 4.79 Å². The number of hydrogen-bond donors (Lipinski definition) is 1. The van der Waals surface area contributed by atoms with Gasteiger partial charge in [0.05, 0.1) is 59.5 Å². The molecule has 0 heterocycles. The van der Waals surface area contributed by atoms with Crippen LogP contribution in [0, 0.1) is 0 Å². The average molecular weight is 428 g/mol. The van der Waals surface area contributed by atoms with Crippen molar-refractivity contribution in [2.75, 3.05) is 72.6 Å². The molecule has 0 spiro atoms. The number of amides is 1. The second-order valence-corrected chi connectivity index (χ2v) is 6.40. The van der Waals surface area contributed by atoms with Crippen molar-refractivity contribution in [3.63, 3.8) is 0 Å². The lowest BCUT2D eigenvalue weighted by atomic mass is 10.2. The molecule has 0 saturated carbocycles. The molecule has 0 bridgehead atoms. The van der Waals surface area contributed by atoms with Crippen LogP contribution < -0.4 is 5.32 Å². The van der Waals surface area contributed by atoms with Gasteiger partial charge in [0.1, 0.15) is 6.61 Å². The van der Waals surface area contributed by atoms with E-state index in [9.17, 15) is 4.79 Å². The Kier molecular flexibility index (Phi) is 18.0. The third-order valence-corrected chi connectivity index (χ3v) is 3.86. The summed E-state index contributed by atoms with van der Waals surface area (Å²) in [5.41, 5.74) is 0.949. The molecule has 0 atom stereocenters. The van der Waals surface area contributed by atoms with Crippen molar-refractivity contribution < 1.29 is 33.2 Å². The van der Waals surface area contributed by atoms with Gasteiger partial charge in [-0.3, -0.25) is 0 Å². The van der Waals surface area contributed by atoms with Crippen LogP contribution in [0.1, 0.15) is 25.3 Å². The van der Waals surface area contributed by atoms with Crippen molar-refractivity contribution in [2.24, 2.45) is 0 Å². The summed E-state index contributed by atoms with van der Waals surface area (Å²) in [6, 6.07) is 9.53. The van der Waals surface area contributed by atoms with Gasteiger partial charge in [0.25, 0.3) is 0 Å². The maximum absolute atomic E-state index is 11.5. The Labute approximate surface area is 180 Å². The van der Waals surface area contributed by atoms with Gasteiger partial charge < -0.3 is 33.7 Å². The van der Waals surface area contributed by atoms with Crippen LogP contribution in [0.5, 0.6) is 0 Å². The maximum atomic E-state index is 11.5. The third kappa shape index (κ3) is 17.2. The van der Waals surface area contributed by atoms with E-state index in [1.807, 2.05) is 30.3 Å². The predicted octanol–water partition coefficient (Wildman–Crippen LogP) is 2.80. The van der Waals surface area contributed by atoms with Crippen molar-refractivity contribution in [1.29, 1.82) is 0 Å². The minimum atomic E-state index is -0.455. The van der Waals surface area contributed by atoms with Gasteiger partial charge in [-0.05, 0) is 12.0 Å². The molecule has 0 unspecified atom stereocenters. The lowest BCUT2D eigenvalue weighted by Crippen LogP contribution is -2.28. The molecule has 0 aromatic heterocycles. The van der Waals surface area contributed by atoms with Crippen LogP contribution in [0.3, 0.4) is 0 Å². The SMILES string of the molecule is CCCCOCCOCCOCCOCCOCCNC(=O)OCc1ccccc1. The van der Waals surface area contributed by atoms with E-state index >= 15 is 0 Å². The molecule has 1 N–H and O–H groups in total. The summed E-state index contributed by atoms with van der Waals surface area (Å²) in [7, 11) is 0. The summed E-state index contributed by atoms with van der Waals surface area (Å²) in [4.78, 5) is 11.5. The number of benzene rings is 1. The Morgan fingerprint density at radius 3 is 1.77 bits per heavy atom. The van der Waals surface area contributed by atoms with E-state index in [0.717, 1.165) is 25.0 Å². The second kappa shape index (κ2) is 20.6. The smallest absolute Gasteiger partial charge is 0.407 e. The van der Waals surface area contributed by atoms with Crippen LogP contribution in [0.2, 0.25) is 0 Å². The Hall–Kier alpha value is -1.71.